The van der Waals surface area contributed by atoms with Crippen molar-refractivity contribution in [1.29, 1.82) is 0 Å². The summed E-state index contributed by atoms with van der Waals surface area (Å²) in [5, 5.41) is 10.2. The second-order valence-corrected chi connectivity index (χ2v) is 5.47. The number of hydrogen-bond acceptors (Lipinski definition) is 4. The minimum Gasteiger partial charge on any atom is -0.461 e. The quantitative estimate of drug-likeness (QED) is 0.341. The molecule has 26 heavy (non-hydrogen) atoms. The van der Waals surface area contributed by atoms with E-state index in [9.17, 15) is 4.39 Å². The van der Waals surface area contributed by atoms with Crippen molar-refractivity contribution in [3.63, 3.8) is 0 Å². The first-order valence-electron chi connectivity index (χ1n) is 7.77. The Morgan fingerprint density at radius 2 is 2.19 bits per heavy atom. The first-order valence-corrected chi connectivity index (χ1v) is 7.77. The molecule has 0 radical (unpaired) electrons. The van der Waals surface area contributed by atoms with Crippen molar-refractivity contribution >= 4 is 29.9 Å². The van der Waals surface area contributed by atoms with Gasteiger partial charge in [0.2, 0.25) is 5.82 Å². The second kappa shape index (κ2) is 9.32. The van der Waals surface area contributed by atoms with E-state index in [2.05, 4.69) is 25.5 Å². The van der Waals surface area contributed by atoms with Crippen LogP contribution in [0.3, 0.4) is 0 Å². The fraction of sp³-hybridized carbons (Fsp3) is 0.235. The Balaban J connectivity index is 0.00000243. The van der Waals surface area contributed by atoms with Crippen molar-refractivity contribution in [2.75, 3.05) is 14.1 Å². The zero-order valence-corrected chi connectivity index (χ0v) is 16.8. The Bertz CT molecular complexity index is 849. The van der Waals surface area contributed by atoms with Crippen LogP contribution in [0, 0.1) is 5.82 Å². The molecule has 0 atom stereocenters. The highest BCUT2D eigenvalue weighted by atomic mass is 127. The minimum absolute atomic E-state index is 0. The number of halogens is 2. The summed E-state index contributed by atoms with van der Waals surface area (Å²) >= 11 is 0. The lowest BCUT2D eigenvalue weighted by atomic mass is 10.2. The Hall–Kier alpha value is -2.43. The van der Waals surface area contributed by atoms with Crippen molar-refractivity contribution in [2.45, 2.75) is 13.1 Å². The van der Waals surface area contributed by atoms with E-state index >= 15 is 0 Å². The molecule has 0 spiro atoms. The van der Waals surface area contributed by atoms with Crippen LogP contribution in [-0.4, -0.2) is 40.1 Å². The topological polar surface area (TPSA) is 82.3 Å². The summed E-state index contributed by atoms with van der Waals surface area (Å²) in [6, 6.07) is 10.1. The van der Waals surface area contributed by atoms with Crippen LogP contribution < -0.4 is 5.32 Å². The van der Waals surface area contributed by atoms with Crippen molar-refractivity contribution < 1.29 is 8.81 Å². The standard InChI is InChI=1S/C17H19FN6O.HI/c1-19-17(24(2)11-12-5-3-6-13(18)9-12)20-10-15-21-16(23-22-15)14-7-4-8-25-14;/h3-9H,10-11H2,1-2H3,(H,19,20)(H,21,22,23);1H. The molecule has 2 heterocycles. The molecular weight excluding hydrogens is 450 g/mol. The van der Waals surface area contributed by atoms with Crippen LogP contribution in [0.2, 0.25) is 0 Å². The van der Waals surface area contributed by atoms with Crippen LogP contribution in [0.4, 0.5) is 4.39 Å². The first kappa shape index (κ1) is 19.9. The lowest BCUT2D eigenvalue weighted by Crippen LogP contribution is -2.38. The van der Waals surface area contributed by atoms with E-state index in [1.165, 1.54) is 12.1 Å². The summed E-state index contributed by atoms with van der Waals surface area (Å²) in [7, 11) is 3.58. The maximum atomic E-state index is 13.3. The van der Waals surface area contributed by atoms with Crippen LogP contribution in [0.15, 0.2) is 52.1 Å². The predicted molar refractivity (Wildman–Crippen MR) is 108 cm³/mol. The fourth-order valence-electron chi connectivity index (χ4n) is 2.42. The number of benzene rings is 1. The van der Waals surface area contributed by atoms with Crippen LogP contribution in [0.5, 0.6) is 0 Å². The monoisotopic (exact) mass is 470 g/mol. The van der Waals surface area contributed by atoms with Gasteiger partial charge < -0.3 is 14.6 Å². The van der Waals surface area contributed by atoms with Crippen LogP contribution in [-0.2, 0) is 13.1 Å². The number of hydrogen-bond donors (Lipinski definition) is 2. The van der Waals surface area contributed by atoms with Crippen molar-refractivity contribution in [3.05, 3.63) is 59.9 Å². The molecule has 138 valence electrons. The van der Waals surface area contributed by atoms with Gasteiger partial charge in [-0.05, 0) is 29.8 Å². The normalized spacial score (nSPS) is 11.1. The number of nitrogens with zero attached hydrogens (tertiary/aromatic N) is 4. The molecule has 0 fully saturated rings. The van der Waals surface area contributed by atoms with Crippen molar-refractivity contribution in [3.8, 4) is 11.6 Å². The van der Waals surface area contributed by atoms with Crippen LogP contribution >= 0.6 is 24.0 Å². The van der Waals surface area contributed by atoms with E-state index in [-0.39, 0.29) is 29.8 Å². The predicted octanol–water partition coefficient (Wildman–Crippen LogP) is 3.03. The zero-order chi connectivity index (χ0) is 17.6. The fourth-order valence-corrected chi connectivity index (χ4v) is 2.42. The zero-order valence-electron chi connectivity index (χ0n) is 14.4. The van der Waals surface area contributed by atoms with Gasteiger partial charge in [-0.25, -0.2) is 9.37 Å². The molecule has 1 aromatic carbocycles. The van der Waals surface area contributed by atoms with Crippen molar-refractivity contribution in [1.82, 2.24) is 25.4 Å². The van der Waals surface area contributed by atoms with Gasteiger partial charge in [0.1, 0.15) is 11.6 Å². The summed E-state index contributed by atoms with van der Waals surface area (Å²) in [6.45, 7) is 0.958. The Morgan fingerprint density at radius 1 is 1.35 bits per heavy atom. The van der Waals surface area contributed by atoms with E-state index in [0.29, 0.717) is 36.5 Å². The summed E-state index contributed by atoms with van der Waals surface area (Å²) in [4.78, 5) is 10.5. The van der Waals surface area contributed by atoms with E-state index in [1.54, 1.807) is 31.5 Å². The molecule has 0 unspecified atom stereocenters. The van der Waals surface area contributed by atoms with Gasteiger partial charge in [-0.2, -0.15) is 0 Å². The van der Waals surface area contributed by atoms with Gasteiger partial charge in [-0.1, -0.05) is 12.1 Å². The number of aromatic amines is 1. The molecule has 2 N–H and O–H groups in total. The lowest BCUT2D eigenvalue weighted by Gasteiger charge is -2.21. The SMILES string of the molecule is CN=C(NCc1nc(-c2ccco2)n[nH]1)N(C)Cc1cccc(F)c1.I. The maximum absolute atomic E-state index is 13.3. The van der Waals surface area contributed by atoms with Gasteiger partial charge in [0.25, 0.3) is 0 Å². The van der Waals surface area contributed by atoms with Crippen molar-refractivity contribution in [2.24, 2.45) is 4.99 Å². The number of H-pyrrole nitrogens is 1. The number of furan rings is 1. The molecule has 9 heteroatoms. The molecule has 0 saturated carbocycles. The van der Waals surface area contributed by atoms with E-state index < -0.39 is 0 Å². The van der Waals surface area contributed by atoms with Gasteiger partial charge in [-0.3, -0.25) is 10.1 Å². The average Bonchev–Trinajstić information content (AvgIpc) is 3.27. The average molecular weight is 470 g/mol. The van der Waals surface area contributed by atoms with Gasteiger partial charge in [0, 0.05) is 20.6 Å². The maximum Gasteiger partial charge on any atom is 0.216 e. The lowest BCUT2D eigenvalue weighted by molar-refractivity contribution is 0.473. The Kier molecular flexibility index (Phi) is 7.13. The van der Waals surface area contributed by atoms with E-state index in [1.807, 2.05) is 18.0 Å². The molecule has 0 aliphatic carbocycles. The molecule has 2 aromatic heterocycles. The number of nitrogens with one attached hydrogen (secondary N) is 2. The molecule has 3 aromatic rings. The van der Waals surface area contributed by atoms with Gasteiger partial charge in [0.05, 0.1) is 12.8 Å². The third kappa shape index (κ3) is 5.04. The van der Waals surface area contributed by atoms with Gasteiger partial charge >= 0.3 is 0 Å². The van der Waals surface area contributed by atoms with Crippen LogP contribution in [0.1, 0.15) is 11.4 Å². The molecule has 0 saturated heterocycles. The minimum atomic E-state index is -0.249. The summed E-state index contributed by atoms with van der Waals surface area (Å²) in [6.07, 6.45) is 1.58. The third-order valence-corrected chi connectivity index (χ3v) is 3.57. The van der Waals surface area contributed by atoms with E-state index in [0.717, 1.165) is 5.56 Å². The smallest absolute Gasteiger partial charge is 0.216 e. The molecule has 0 bridgehead atoms. The number of guanidine groups is 1. The Labute approximate surface area is 167 Å². The number of aliphatic imine (C=N–C) groups is 1. The Morgan fingerprint density at radius 3 is 2.88 bits per heavy atom. The molecule has 3 rings (SSSR count). The van der Waals surface area contributed by atoms with Gasteiger partial charge in [0.15, 0.2) is 11.7 Å². The molecule has 7 nitrogen and oxygen atoms in total. The molecule has 0 amide bonds. The number of rotatable bonds is 5. The summed E-state index contributed by atoms with van der Waals surface area (Å²) < 4.78 is 18.6. The van der Waals surface area contributed by atoms with Crippen LogP contribution in [0.25, 0.3) is 11.6 Å². The largest absolute Gasteiger partial charge is 0.461 e. The van der Waals surface area contributed by atoms with Gasteiger partial charge in [-0.15, -0.1) is 29.1 Å². The summed E-state index contributed by atoms with van der Waals surface area (Å²) in [5.74, 6) is 2.19. The highest BCUT2D eigenvalue weighted by molar-refractivity contribution is 14.0. The first-order chi connectivity index (χ1) is 12.2. The highest BCUT2D eigenvalue weighted by Gasteiger charge is 2.11. The molecular formula is C17H20FIN6O. The van der Waals surface area contributed by atoms with E-state index in [4.69, 9.17) is 4.42 Å². The summed E-state index contributed by atoms with van der Waals surface area (Å²) in [5.41, 5.74) is 0.866. The second-order valence-electron chi connectivity index (χ2n) is 5.47. The molecule has 0 aliphatic rings. The third-order valence-electron chi connectivity index (χ3n) is 3.57. The number of aromatic nitrogens is 3. The molecule has 0 aliphatic heterocycles. The highest BCUT2D eigenvalue weighted by Crippen LogP contribution is 2.14.